The van der Waals surface area contributed by atoms with Crippen molar-refractivity contribution in [3.8, 4) is 0 Å². The highest BCUT2D eigenvalue weighted by Crippen LogP contribution is 2.18. The van der Waals surface area contributed by atoms with E-state index in [1.807, 2.05) is 13.8 Å². The first kappa shape index (κ1) is 16.3. The van der Waals surface area contributed by atoms with E-state index in [-0.39, 0.29) is 23.6 Å². The molecule has 0 saturated carbocycles. The third-order valence-electron chi connectivity index (χ3n) is 3.32. The zero-order chi connectivity index (χ0) is 14.5. The van der Waals surface area contributed by atoms with Crippen LogP contribution in [-0.2, 0) is 9.84 Å². The third-order valence-corrected chi connectivity index (χ3v) is 5.07. The van der Waals surface area contributed by atoms with Gasteiger partial charge in [0, 0.05) is 19.1 Å². The van der Waals surface area contributed by atoms with E-state index in [4.69, 9.17) is 0 Å². The first-order valence-corrected chi connectivity index (χ1v) is 8.92. The summed E-state index contributed by atoms with van der Waals surface area (Å²) in [7, 11) is -2.95. The normalized spacial score (nSPS) is 21.6. The molecule has 1 fully saturated rings. The van der Waals surface area contributed by atoms with Gasteiger partial charge in [-0.2, -0.15) is 0 Å². The van der Waals surface area contributed by atoms with Crippen LogP contribution in [-0.4, -0.2) is 50.0 Å². The van der Waals surface area contributed by atoms with Crippen LogP contribution in [0.15, 0.2) is 0 Å². The predicted octanol–water partition coefficient (Wildman–Crippen LogP) is 1.64. The number of nitrogens with zero attached hydrogens (tertiary/aromatic N) is 1. The van der Waals surface area contributed by atoms with Crippen LogP contribution in [0.3, 0.4) is 0 Å². The van der Waals surface area contributed by atoms with Gasteiger partial charge in [-0.05, 0) is 18.8 Å². The monoisotopic (exact) mass is 290 g/mol. The number of carbonyl (C=O) groups is 1. The number of hydrogen-bond acceptors (Lipinski definition) is 3. The lowest BCUT2D eigenvalue weighted by atomic mass is 10.2. The van der Waals surface area contributed by atoms with Crippen molar-refractivity contribution in [1.82, 2.24) is 10.2 Å². The van der Waals surface area contributed by atoms with Gasteiger partial charge in [-0.15, -0.1) is 0 Å². The molecule has 0 aromatic heterocycles. The zero-order valence-electron chi connectivity index (χ0n) is 12.2. The Hall–Kier alpha value is -0.780. The van der Waals surface area contributed by atoms with E-state index in [1.165, 1.54) is 0 Å². The fourth-order valence-corrected chi connectivity index (χ4v) is 3.92. The first-order chi connectivity index (χ1) is 8.85. The summed E-state index contributed by atoms with van der Waals surface area (Å²) in [6.07, 6.45) is 2.47. The molecule has 0 unspecified atom stereocenters. The molecule has 0 aromatic carbocycles. The van der Waals surface area contributed by atoms with Crippen LogP contribution in [0, 0.1) is 5.92 Å². The minimum absolute atomic E-state index is 0.117. The predicted molar refractivity (Wildman–Crippen MR) is 76.9 cm³/mol. The summed E-state index contributed by atoms with van der Waals surface area (Å²) in [5, 5.41) is 2.89. The number of unbranched alkanes of at least 4 members (excludes halogenated alkanes) is 1. The highest BCUT2D eigenvalue weighted by molar-refractivity contribution is 7.91. The van der Waals surface area contributed by atoms with Gasteiger partial charge in [-0.25, -0.2) is 13.2 Å². The maximum absolute atomic E-state index is 12.2. The summed E-state index contributed by atoms with van der Waals surface area (Å²) in [5.74, 6) is 0.716. The van der Waals surface area contributed by atoms with Crippen molar-refractivity contribution in [3.05, 3.63) is 0 Å². The molecule has 0 aliphatic carbocycles. The second kappa shape index (κ2) is 7.12. The van der Waals surface area contributed by atoms with Gasteiger partial charge in [0.05, 0.1) is 11.5 Å². The minimum atomic E-state index is -2.95. The molecule has 1 heterocycles. The molecule has 0 bridgehead atoms. The largest absolute Gasteiger partial charge is 0.338 e. The Morgan fingerprint density at radius 1 is 1.42 bits per heavy atom. The second-order valence-corrected chi connectivity index (χ2v) is 7.91. The molecule has 0 spiro atoms. The number of nitrogens with one attached hydrogen (secondary N) is 1. The molecule has 1 aliphatic heterocycles. The first-order valence-electron chi connectivity index (χ1n) is 7.10. The molecule has 1 aliphatic rings. The number of hydrogen-bond donors (Lipinski definition) is 1. The molecule has 19 heavy (non-hydrogen) atoms. The second-order valence-electron chi connectivity index (χ2n) is 5.68. The van der Waals surface area contributed by atoms with Crippen molar-refractivity contribution in [2.75, 3.05) is 24.6 Å². The molecule has 0 aromatic rings. The number of carbonyl (C=O) groups excluding carboxylic acids is 1. The molecule has 1 saturated heterocycles. The lowest BCUT2D eigenvalue weighted by Crippen LogP contribution is -2.48. The smallest absolute Gasteiger partial charge is 0.317 e. The van der Waals surface area contributed by atoms with Gasteiger partial charge in [0.25, 0.3) is 0 Å². The summed E-state index contributed by atoms with van der Waals surface area (Å²) >= 11 is 0. The van der Waals surface area contributed by atoms with Crippen LogP contribution in [0.2, 0.25) is 0 Å². The molecule has 1 N–H and O–H groups in total. The van der Waals surface area contributed by atoms with Gasteiger partial charge in [-0.3, -0.25) is 0 Å². The standard InChI is InChI=1S/C13H26N2O3S/c1-4-5-7-15(13(16)14-9-11(2)3)12-6-8-19(17,18)10-12/h11-12H,4-10H2,1-3H3,(H,14,16)/t12-/m1/s1. The topological polar surface area (TPSA) is 66.5 Å². The van der Waals surface area contributed by atoms with Crippen LogP contribution in [0.1, 0.15) is 40.0 Å². The molecule has 6 heteroatoms. The molecule has 112 valence electrons. The van der Waals surface area contributed by atoms with Crippen molar-refractivity contribution in [2.45, 2.75) is 46.1 Å². The molecule has 1 rings (SSSR count). The van der Waals surface area contributed by atoms with Gasteiger partial charge in [-0.1, -0.05) is 27.2 Å². The van der Waals surface area contributed by atoms with E-state index < -0.39 is 9.84 Å². The molecular weight excluding hydrogens is 264 g/mol. The van der Waals surface area contributed by atoms with Crippen molar-refractivity contribution < 1.29 is 13.2 Å². The number of sulfone groups is 1. The lowest BCUT2D eigenvalue weighted by molar-refractivity contribution is 0.178. The van der Waals surface area contributed by atoms with Crippen molar-refractivity contribution in [3.63, 3.8) is 0 Å². The minimum Gasteiger partial charge on any atom is -0.338 e. The quantitative estimate of drug-likeness (QED) is 0.808. The maximum atomic E-state index is 12.2. The fourth-order valence-electron chi connectivity index (χ4n) is 2.19. The van der Waals surface area contributed by atoms with Gasteiger partial charge in [0.15, 0.2) is 9.84 Å². The van der Waals surface area contributed by atoms with Gasteiger partial charge in [0.2, 0.25) is 0 Å². The van der Waals surface area contributed by atoms with E-state index in [2.05, 4.69) is 12.2 Å². The Morgan fingerprint density at radius 3 is 2.58 bits per heavy atom. The molecule has 0 radical (unpaired) electrons. The highest BCUT2D eigenvalue weighted by Gasteiger charge is 2.34. The van der Waals surface area contributed by atoms with Crippen LogP contribution in [0.5, 0.6) is 0 Å². The summed E-state index contributed by atoms with van der Waals surface area (Å²) in [5.41, 5.74) is 0. The Kier molecular flexibility index (Phi) is 6.10. The zero-order valence-corrected chi connectivity index (χ0v) is 13.0. The Morgan fingerprint density at radius 2 is 2.11 bits per heavy atom. The molecule has 1 atom stereocenters. The maximum Gasteiger partial charge on any atom is 0.317 e. The fraction of sp³-hybridized carbons (Fsp3) is 0.923. The summed E-state index contributed by atoms with van der Waals surface area (Å²) < 4.78 is 23.1. The Labute approximate surface area is 116 Å². The number of amides is 2. The van der Waals surface area contributed by atoms with Gasteiger partial charge < -0.3 is 10.2 Å². The molecule has 5 nitrogen and oxygen atoms in total. The molecule has 2 amide bonds. The Balaban J connectivity index is 2.63. The van der Waals surface area contributed by atoms with Crippen LogP contribution in [0.25, 0.3) is 0 Å². The third kappa shape index (κ3) is 5.38. The van der Waals surface area contributed by atoms with E-state index in [0.717, 1.165) is 12.8 Å². The molecular formula is C13H26N2O3S. The van der Waals surface area contributed by atoms with Crippen molar-refractivity contribution in [2.24, 2.45) is 5.92 Å². The van der Waals surface area contributed by atoms with E-state index in [9.17, 15) is 13.2 Å². The average Bonchev–Trinajstić information content (AvgIpc) is 2.67. The van der Waals surface area contributed by atoms with E-state index in [1.54, 1.807) is 4.90 Å². The van der Waals surface area contributed by atoms with E-state index in [0.29, 0.717) is 25.4 Å². The van der Waals surface area contributed by atoms with Crippen LogP contribution in [0.4, 0.5) is 4.79 Å². The highest BCUT2D eigenvalue weighted by atomic mass is 32.2. The van der Waals surface area contributed by atoms with Crippen LogP contribution >= 0.6 is 0 Å². The van der Waals surface area contributed by atoms with Crippen molar-refractivity contribution >= 4 is 15.9 Å². The summed E-state index contributed by atoms with van der Waals surface area (Å²) in [4.78, 5) is 13.9. The Bertz CT molecular complexity index is 393. The lowest BCUT2D eigenvalue weighted by Gasteiger charge is -2.28. The van der Waals surface area contributed by atoms with Gasteiger partial charge in [0.1, 0.15) is 0 Å². The summed E-state index contributed by atoms with van der Waals surface area (Å²) in [6.45, 7) is 7.41. The average molecular weight is 290 g/mol. The SMILES string of the molecule is CCCCN(C(=O)NCC(C)C)[C@@H]1CCS(=O)(=O)C1. The van der Waals surface area contributed by atoms with Gasteiger partial charge >= 0.3 is 6.03 Å². The van der Waals surface area contributed by atoms with Crippen molar-refractivity contribution in [1.29, 1.82) is 0 Å². The number of rotatable bonds is 6. The van der Waals surface area contributed by atoms with Crippen LogP contribution < -0.4 is 5.32 Å². The number of urea groups is 1. The van der Waals surface area contributed by atoms with E-state index >= 15 is 0 Å². The summed E-state index contributed by atoms with van der Waals surface area (Å²) in [6, 6.07) is -0.270.